The first-order valence-corrected chi connectivity index (χ1v) is 9.81. The van der Waals surface area contributed by atoms with Crippen LogP contribution in [0.25, 0.3) is 0 Å². The average molecular weight is 414 g/mol. The van der Waals surface area contributed by atoms with Crippen molar-refractivity contribution < 1.29 is 27.8 Å². The molecule has 1 N–H and O–H groups in total. The average Bonchev–Trinajstić information content (AvgIpc) is 3.14. The number of halogens is 3. The van der Waals surface area contributed by atoms with Crippen molar-refractivity contribution in [1.82, 2.24) is 4.90 Å². The van der Waals surface area contributed by atoms with Crippen molar-refractivity contribution in [2.24, 2.45) is 10.9 Å². The number of carbonyl (C=O) groups is 1. The zero-order chi connectivity index (χ0) is 20.1. The second-order valence-electron chi connectivity index (χ2n) is 6.64. The normalized spacial score (nSPS) is 22.3. The molecule has 5 nitrogen and oxygen atoms in total. The van der Waals surface area contributed by atoms with Crippen LogP contribution in [0.2, 0.25) is 0 Å². The number of aliphatic hydroxyl groups is 1. The minimum absolute atomic E-state index is 0.0671. The molecule has 0 radical (unpaired) electrons. The van der Waals surface area contributed by atoms with E-state index in [0.29, 0.717) is 25.3 Å². The van der Waals surface area contributed by atoms with Crippen molar-refractivity contribution >= 4 is 22.7 Å². The minimum atomic E-state index is -4.32. The molecule has 0 saturated carbocycles. The summed E-state index contributed by atoms with van der Waals surface area (Å²) in [5.41, 5.74) is 0.746. The van der Waals surface area contributed by atoms with E-state index in [9.17, 15) is 18.0 Å². The van der Waals surface area contributed by atoms with Gasteiger partial charge in [0.15, 0.2) is 6.61 Å². The fraction of sp³-hybridized carbons (Fsp3) is 0.474. The quantitative estimate of drug-likeness (QED) is 0.803. The van der Waals surface area contributed by atoms with Gasteiger partial charge in [0.25, 0.3) is 5.91 Å². The van der Waals surface area contributed by atoms with Gasteiger partial charge in [-0.1, -0.05) is 18.2 Å². The number of aliphatic imine (C=N–C) groups is 1. The zero-order valence-electron chi connectivity index (χ0n) is 15.1. The molecule has 2 aliphatic rings. The lowest BCUT2D eigenvalue weighted by atomic mass is 10.1. The van der Waals surface area contributed by atoms with Gasteiger partial charge < -0.3 is 14.7 Å². The maximum atomic E-state index is 13.2. The minimum Gasteiger partial charge on any atom is -0.484 e. The zero-order valence-corrected chi connectivity index (χ0v) is 15.9. The molecule has 2 aliphatic heterocycles. The Balaban J connectivity index is 1.49. The van der Waals surface area contributed by atoms with Crippen LogP contribution >= 0.6 is 11.8 Å². The standard InChI is InChI=1S/C19H21F3N2O3S/c20-19(21,22)16-2-1-8-23-18(16)28-15-7-9-24(10-15)17(26)12-27-14-5-3-13(11-25)4-6-14/h1,3-6,8,15-16,25H,2,7,9-12H2. The maximum absolute atomic E-state index is 13.2. The number of allylic oxidation sites excluding steroid dienone is 1. The molecular formula is C19H21F3N2O3S. The molecule has 1 aromatic rings. The van der Waals surface area contributed by atoms with E-state index < -0.39 is 12.1 Å². The highest BCUT2D eigenvalue weighted by molar-refractivity contribution is 8.14. The Bertz CT molecular complexity index is 750. The van der Waals surface area contributed by atoms with Gasteiger partial charge in [-0.2, -0.15) is 13.2 Å². The number of rotatable bonds is 5. The van der Waals surface area contributed by atoms with Gasteiger partial charge in [0.05, 0.1) is 11.7 Å². The molecule has 0 bridgehead atoms. The summed E-state index contributed by atoms with van der Waals surface area (Å²) in [7, 11) is 0. The summed E-state index contributed by atoms with van der Waals surface area (Å²) < 4.78 is 44.9. The molecule has 152 valence electrons. The smallest absolute Gasteiger partial charge is 0.398 e. The van der Waals surface area contributed by atoms with Crippen molar-refractivity contribution in [3.05, 3.63) is 42.1 Å². The molecule has 28 heavy (non-hydrogen) atoms. The number of benzene rings is 1. The summed E-state index contributed by atoms with van der Waals surface area (Å²) in [5.74, 6) is -1.24. The van der Waals surface area contributed by atoms with Crippen LogP contribution < -0.4 is 4.74 Å². The molecule has 3 rings (SSSR count). The molecule has 9 heteroatoms. The topological polar surface area (TPSA) is 62.1 Å². The van der Waals surface area contributed by atoms with Gasteiger partial charge >= 0.3 is 6.18 Å². The van der Waals surface area contributed by atoms with Gasteiger partial charge in [-0.05, 0) is 30.5 Å². The molecule has 0 aliphatic carbocycles. The summed E-state index contributed by atoms with van der Waals surface area (Å²) in [6.07, 6.45) is -0.942. The second kappa shape index (κ2) is 9.00. The highest BCUT2D eigenvalue weighted by Gasteiger charge is 2.44. The van der Waals surface area contributed by atoms with Gasteiger partial charge in [0.1, 0.15) is 11.7 Å². The predicted molar refractivity (Wildman–Crippen MR) is 101 cm³/mol. The molecular weight excluding hydrogens is 393 g/mol. The number of ether oxygens (including phenoxy) is 1. The van der Waals surface area contributed by atoms with Gasteiger partial charge in [0, 0.05) is 24.5 Å². The lowest BCUT2D eigenvalue weighted by molar-refractivity contribution is -0.153. The highest BCUT2D eigenvalue weighted by Crippen LogP contribution is 2.38. The fourth-order valence-corrected chi connectivity index (χ4v) is 4.38. The van der Waals surface area contributed by atoms with Crippen molar-refractivity contribution in [3.8, 4) is 5.75 Å². The molecule has 0 spiro atoms. The predicted octanol–water partition coefficient (Wildman–Crippen LogP) is 3.39. The Morgan fingerprint density at radius 2 is 2.07 bits per heavy atom. The number of thioether (sulfide) groups is 1. The number of hydrogen-bond acceptors (Lipinski definition) is 5. The Labute approximate surface area is 165 Å². The van der Waals surface area contributed by atoms with E-state index in [1.54, 1.807) is 29.2 Å². The van der Waals surface area contributed by atoms with Crippen molar-refractivity contribution in [3.63, 3.8) is 0 Å². The summed E-state index contributed by atoms with van der Waals surface area (Å²) in [4.78, 5) is 17.9. The van der Waals surface area contributed by atoms with E-state index in [-0.39, 0.29) is 35.8 Å². The number of alkyl halides is 3. The molecule has 2 heterocycles. The lowest BCUT2D eigenvalue weighted by Gasteiger charge is -2.24. The van der Waals surface area contributed by atoms with Gasteiger partial charge in [-0.3, -0.25) is 9.79 Å². The summed E-state index contributed by atoms with van der Waals surface area (Å²) in [5, 5.41) is 8.99. The molecule has 1 aromatic carbocycles. The highest BCUT2D eigenvalue weighted by atomic mass is 32.2. The number of amides is 1. The Morgan fingerprint density at radius 3 is 2.75 bits per heavy atom. The van der Waals surface area contributed by atoms with Crippen LogP contribution in [0.5, 0.6) is 5.75 Å². The van der Waals surface area contributed by atoms with E-state index in [2.05, 4.69) is 4.99 Å². The molecule has 1 amide bonds. The molecule has 2 unspecified atom stereocenters. The molecule has 1 saturated heterocycles. The summed E-state index contributed by atoms with van der Waals surface area (Å²) in [6.45, 7) is 0.666. The van der Waals surface area contributed by atoms with E-state index in [1.807, 2.05) is 0 Å². The fourth-order valence-electron chi connectivity index (χ4n) is 3.05. The summed E-state index contributed by atoms with van der Waals surface area (Å²) in [6, 6.07) is 6.76. The Morgan fingerprint density at radius 1 is 1.32 bits per heavy atom. The second-order valence-corrected chi connectivity index (χ2v) is 7.96. The first-order chi connectivity index (χ1) is 13.4. The number of carbonyl (C=O) groups excluding carboxylic acids is 1. The maximum Gasteiger partial charge on any atom is 0.398 e. The van der Waals surface area contributed by atoms with Gasteiger partial charge in [-0.15, -0.1) is 11.8 Å². The Hall–Kier alpha value is -2.00. The molecule has 0 aromatic heterocycles. The monoisotopic (exact) mass is 414 g/mol. The lowest BCUT2D eigenvalue weighted by Crippen LogP contribution is -2.34. The van der Waals surface area contributed by atoms with E-state index in [0.717, 1.165) is 17.3 Å². The van der Waals surface area contributed by atoms with E-state index in [1.165, 1.54) is 12.3 Å². The van der Waals surface area contributed by atoms with Crippen LogP contribution in [0.1, 0.15) is 18.4 Å². The first-order valence-electron chi connectivity index (χ1n) is 8.93. The SMILES string of the molecule is O=C(COc1ccc(CO)cc1)N1CCC(SC2=NC=CCC2C(F)(F)F)C1. The molecule has 2 atom stereocenters. The largest absolute Gasteiger partial charge is 0.484 e. The van der Waals surface area contributed by atoms with Crippen molar-refractivity contribution in [2.45, 2.75) is 30.9 Å². The number of likely N-dealkylation sites (tertiary alicyclic amines) is 1. The molecule has 1 fully saturated rings. The van der Waals surface area contributed by atoms with Crippen molar-refractivity contribution in [2.75, 3.05) is 19.7 Å². The van der Waals surface area contributed by atoms with Crippen LogP contribution in [-0.4, -0.2) is 52.1 Å². The van der Waals surface area contributed by atoms with E-state index >= 15 is 0 Å². The van der Waals surface area contributed by atoms with Crippen LogP contribution in [0.3, 0.4) is 0 Å². The first kappa shape index (κ1) is 20.7. The van der Waals surface area contributed by atoms with Gasteiger partial charge in [-0.25, -0.2) is 0 Å². The van der Waals surface area contributed by atoms with Crippen LogP contribution in [-0.2, 0) is 11.4 Å². The van der Waals surface area contributed by atoms with Gasteiger partial charge in [0.2, 0.25) is 0 Å². The number of nitrogens with zero attached hydrogens (tertiary/aromatic N) is 2. The Kier molecular flexibility index (Phi) is 6.66. The third kappa shape index (κ3) is 5.29. The van der Waals surface area contributed by atoms with Crippen LogP contribution in [0.15, 0.2) is 41.5 Å². The number of hydrogen-bond donors (Lipinski definition) is 1. The van der Waals surface area contributed by atoms with Crippen LogP contribution in [0, 0.1) is 5.92 Å². The van der Waals surface area contributed by atoms with Crippen molar-refractivity contribution in [1.29, 1.82) is 0 Å². The van der Waals surface area contributed by atoms with E-state index in [4.69, 9.17) is 9.84 Å². The third-order valence-electron chi connectivity index (χ3n) is 4.63. The summed E-state index contributed by atoms with van der Waals surface area (Å²) >= 11 is 1.12. The van der Waals surface area contributed by atoms with Crippen LogP contribution in [0.4, 0.5) is 13.2 Å². The number of aliphatic hydroxyl groups excluding tert-OH is 1. The third-order valence-corrected chi connectivity index (χ3v) is 5.98.